The highest BCUT2D eigenvalue weighted by molar-refractivity contribution is 5.90. The van der Waals surface area contributed by atoms with Crippen LogP contribution in [0.1, 0.15) is 36.0 Å². The van der Waals surface area contributed by atoms with Gasteiger partial charge in [0.1, 0.15) is 5.75 Å². The molecule has 0 saturated heterocycles. The van der Waals surface area contributed by atoms with Crippen molar-refractivity contribution in [2.45, 2.75) is 25.7 Å². The molecular formula is C16H21NO3. The van der Waals surface area contributed by atoms with Gasteiger partial charge in [-0.05, 0) is 55.2 Å². The molecule has 0 aromatic heterocycles. The molecular weight excluding hydrogens is 254 g/mol. The average molecular weight is 275 g/mol. The third kappa shape index (κ3) is 2.47. The summed E-state index contributed by atoms with van der Waals surface area (Å²) in [5.74, 6) is 2.44. The predicted molar refractivity (Wildman–Crippen MR) is 76.6 cm³/mol. The number of nitrogens with two attached hydrogens (primary N) is 1. The van der Waals surface area contributed by atoms with Gasteiger partial charge in [0.15, 0.2) is 0 Å². The van der Waals surface area contributed by atoms with Gasteiger partial charge >= 0.3 is 5.97 Å². The van der Waals surface area contributed by atoms with Gasteiger partial charge < -0.3 is 15.2 Å². The van der Waals surface area contributed by atoms with Gasteiger partial charge in [0, 0.05) is 0 Å². The van der Waals surface area contributed by atoms with E-state index in [2.05, 4.69) is 0 Å². The summed E-state index contributed by atoms with van der Waals surface area (Å²) in [5.41, 5.74) is 6.76. The summed E-state index contributed by atoms with van der Waals surface area (Å²) in [6.07, 6.45) is 5.23. The zero-order chi connectivity index (χ0) is 14.1. The van der Waals surface area contributed by atoms with Crippen LogP contribution in [-0.4, -0.2) is 19.7 Å². The highest BCUT2D eigenvalue weighted by Gasteiger charge is 2.39. The lowest BCUT2D eigenvalue weighted by Crippen LogP contribution is -2.19. The molecule has 20 heavy (non-hydrogen) atoms. The molecule has 4 heteroatoms. The largest absolute Gasteiger partial charge is 0.495 e. The summed E-state index contributed by atoms with van der Waals surface area (Å²) in [6.45, 7) is 0.548. The molecule has 2 fully saturated rings. The van der Waals surface area contributed by atoms with E-state index in [0.29, 0.717) is 29.5 Å². The monoisotopic (exact) mass is 275 g/mol. The van der Waals surface area contributed by atoms with E-state index in [-0.39, 0.29) is 5.97 Å². The summed E-state index contributed by atoms with van der Waals surface area (Å²) < 4.78 is 10.6. The summed E-state index contributed by atoms with van der Waals surface area (Å²) >= 11 is 0. The van der Waals surface area contributed by atoms with Crippen molar-refractivity contribution in [2.75, 3.05) is 19.5 Å². The Morgan fingerprint density at radius 1 is 1.35 bits per heavy atom. The smallest absolute Gasteiger partial charge is 0.338 e. The van der Waals surface area contributed by atoms with Gasteiger partial charge in [-0.25, -0.2) is 4.79 Å². The first-order valence-electron chi connectivity index (χ1n) is 7.28. The third-order valence-corrected chi connectivity index (χ3v) is 4.78. The molecule has 108 valence electrons. The summed E-state index contributed by atoms with van der Waals surface area (Å²) in [5, 5.41) is 0. The molecule has 2 aliphatic rings. The summed E-state index contributed by atoms with van der Waals surface area (Å²) in [6, 6.07) is 4.99. The second-order valence-electron chi connectivity index (χ2n) is 5.99. The maximum absolute atomic E-state index is 12.1. The zero-order valence-corrected chi connectivity index (χ0v) is 11.8. The van der Waals surface area contributed by atoms with Gasteiger partial charge in [-0.2, -0.15) is 0 Å². The first kappa shape index (κ1) is 13.3. The van der Waals surface area contributed by atoms with Crippen molar-refractivity contribution < 1.29 is 14.3 Å². The van der Waals surface area contributed by atoms with Gasteiger partial charge in [-0.15, -0.1) is 0 Å². The molecule has 0 spiro atoms. The van der Waals surface area contributed by atoms with Crippen LogP contribution in [0.5, 0.6) is 5.75 Å². The maximum Gasteiger partial charge on any atom is 0.338 e. The topological polar surface area (TPSA) is 61.5 Å². The van der Waals surface area contributed by atoms with Crippen LogP contribution in [0.2, 0.25) is 0 Å². The van der Waals surface area contributed by atoms with Crippen molar-refractivity contribution in [3.8, 4) is 5.75 Å². The SMILES string of the molecule is COc1cc(C(=O)OCC2CC3CCC2C3)ccc1N. The molecule has 0 radical (unpaired) electrons. The lowest BCUT2D eigenvalue weighted by Gasteiger charge is -2.21. The number of esters is 1. The molecule has 3 unspecified atom stereocenters. The molecule has 4 nitrogen and oxygen atoms in total. The molecule has 2 aliphatic carbocycles. The van der Waals surface area contributed by atoms with E-state index in [1.165, 1.54) is 32.8 Å². The van der Waals surface area contributed by atoms with Crippen molar-refractivity contribution in [2.24, 2.45) is 17.8 Å². The van der Waals surface area contributed by atoms with Gasteiger partial charge in [0.05, 0.1) is 25.0 Å². The van der Waals surface area contributed by atoms with Crippen molar-refractivity contribution in [1.29, 1.82) is 0 Å². The number of nitrogen functional groups attached to an aromatic ring is 1. The van der Waals surface area contributed by atoms with Crippen LogP contribution >= 0.6 is 0 Å². The van der Waals surface area contributed by atoms with Gasteiger partial charge in [0.25, 0.3) is 0 Å². The van der Waals surface area contributed by atoms with Crippen molar-refractivity contribution in [3.63, 3.8) is 0 Å². The minimum atomic E-state index is -0.286. The van der Waals surface area contributed by atoms with E-state index in [0.717, 1.165) is 11.8 Å². The normalized spacial score (nSPS) is 27.6. The predicted octanol–water partition coefficient (Wildman–Crippen LogP) is 2.87. The van der Waals surface area contributed by atoms with E-state index >= 15 is 0 Å². The fourth-order valence-corrected chi connectivity index (χ4v) is 3.68. The zero-order valence-electron chi connectivity index (χ0n) is 11.8. The van der Waals surface area contributed by atoms with Crippen molar-refractivity contribution in [1.82, 2.24) is 0 Å². The number of benzene rings is 1. The second kappa shape index (κ2) is 5.35. The number of ether oxygens (including phenoxy) is 2. The summed E-state index contributed by atoms with van der Waals surface area (Å²) in [4.78, 5) is 12.1. The van der Waals surface area contributed by atoms with Gasteiger partial charge in [0.2, 0.25) is 0 Å². The van der Waals surface area contributed by atoms with Gasteiger partial charge in [-0.3, -0.25) is 0 Å². The Hall–Kier alpha value is -1.71. The summed E-state index contributed by atoms with van der Waals surface area (Å²) in [7, 11) is 1.54. The molecule has 2 bridgehead atoms. The Morgan fingerprint density at radius 2 is 2.20 bits per heavy atom. The number of anilines is 1. The maximum atomic E-state index is 12.1. The number of carbonyl (C=O) groups excluding carboxylic acids is 1. The Morgan fingerprint density at radius 3 is 2.85 bits per heavy atom. The minimum Gasteiger partial charge on any atom is -0.495 e. The molecule has 2 N–H and O–H groups in total. The standard InChI is InChI=1S/C16H21NO3/c1-19-15-8-12(4-5-14(15)17)16(18)20-9-13-7-10-2-3-11(13)6-10/h4-5,8,10-11,13H,2-3,6-7,9,17H2,1H3. The lowest BCUT2D eigenvalue weighted by atomic mass is 9.89. The van der Waals surface area contributed by atoms with Crippen LogP contribution in [0.25, 0.3) is 0 Å². The average Bonchev–Trinajstić information content (AvgIpc) is 3.07. The van der Waals surface area contributed by atoms with Crippen LogP contribution in [-0.2, 0) is 4.74 Å². The second-order valence-corrected chi connectivity index (χ2v) is 5.99. The molecule has 0 amide bonds. The first-order valence-corrected chi connectivity index (χ1v) is 7.28. The molecule has 2 saturated carbocycles. The van der Waals surface area contributed by atoms with E-state index < -0.39 is 0 Å². The quantitative estimate of drug-likeness (QED) is 0.678. The number of hydrogen-bond donors (Lipinski definition) is 1. The Kier molecular flexibility index (Phi) is 3.55. The number of carbonyl (C=O) groups is 1. The highest BCUT2D eigenvalue weighted by atomic mass is 16.5. The number of rotatable bonds is 4. The molecule has 1 aromatic carbocycles. The van der Waals surface area contributed by atoms with Crippen molar-refractivity contribution >= 4 is 11.7 Å². The Labute approximate surface area is 119 Å². The number of methoxy groups -OCH3 is 1. The highest BCUT2D eigenvalue weighted by Crippen LogP contribution is 2.48. The molecule has 1 aromatic rings. The van der Waals surface area contributed by atoms with Crippen LogP contribution < -0.4 is 10.5 Å². The van der Waals surface area contributed by atoms with Crippen LogP contribution in [0.3, 0.4) is 0 Å². The van der Waals surface area contributed by atoms with E-state index in [9.17, 15) is 4.79 Å². The third-order valence-electron chi connectivity index (χ3n) is 4.78. The Balaban J connectivity index is 1.59. The fraction of sp³-hybridized carbons (Fsp3) is 0.562. The fourth-order valence-electron chi connectivity index (χ4n) is 3.68. The van der Waals surface area contributed by atoms with E-state index in [1.807, 2.05) is 0 Å². The first-order chi connectivity index (χ1) is 9.67. The minimum absolute atomic E-state index is 0.286. The van der Waals surface area contributed by atoms with E-state index in [1.54, 1.807) is 18.2 Å². The number of fused-ring (bicyclic) bond motifs is 2. The van der Waals surface area contributed by atoms with E-state index in [4.69, 9.17) is 15.2 Å². The lowest BCUT2D eigenvalue weighted by molar-refractivity contribution is 0.0394. The number of hydrogen-bond acceptors (Lipinski definition) is 4. The van der Waals surface area contributed by atoms with Crippen LogP contribution in [0.15, 0.2) is 18.2 Å². The molecule has 3 rings (SSSR count). The molecule has 0 aliphatic heterocycles. The van der Waals surface area contributed by atoms with Crippen LogP contribution in [0.4, 0.5) is 5.69 Å². The molecule has 3 atom stereocenters. The van der Waals surface area contributed by atoms with Gasteiger partial charge in [-0.1, -0.05) is 6.42 Å². The van der Waals surface area contributed by atoms with Crippen LogP contribution in [0, 0.1) is 17.8 Å². The molecule has 0 heterocycles. The van der Waals surface area contributed by atoms with Crippen molar-refractivity contribution in [3.05, 3.63) is 23.8 Å². The Bertz CT molecular complexity index is 514.